The Morgan fingerprint density at radius 3 is 3.05 bits per heavy atom. The molecular formula is C17H22N2OS. The van der Waals surface area contributed by atoms with E-state index in [2.05, 4.69) is 42.3 Å². The third-order valence-electron chi connectivity index (χ3n) is 4.17. The first kappa shape index (κ1) is 14.5. The molecule has 1 aromatic heterocycles. The highest BCUT2D eigenvalue weighted by atomic mass is 32.1. The number of hydrogen-bond donors (Lipinski definition) is 1. The van der Waals surface area contributed by atoms with E-state index >= 15 is 0 Å². The molecule has 0 fully saturated rings. The molecular weight excluding hydrogens is 280 g/mol. The molecule has 4 heteroatoms. The van der Waals surface area contributed by atoms with E-state index < -0.39 is 0 Å². The van der Waals surface area contributed by atoms with Crippen molar-refractivity contribution in [2.24, 2.45) is 0 Å². The predicted molar refractivity (Wildman–Crippen MR) is 87.1 cm³/mol. The number of hydrogen-bond acceptors (Lipinski definition) is 4. The summed E-state index contributed by atoms with van der Waals surface area (Å²) < 4.78 is 5.36. The number of fused-ring (bicyclic) bond motifs is 1. The number of nitrogens with zero attached hydrogens (tertiary/aromatic N) is 1. The summed E-state index contributed by atoms with van der Waals surface area (Å²) in [5.74, 6) is 0.942. The molecule has 0 saturated carbocycles. The molecule has 0 bridgehead atoms. The largest absolute Gasteiger partial charge is 0.497 e. The zero-order valence-electron chi connectivity index (χ0n) is 12.8. The molecule has 0 radical (unpaired) electrons. The summed E-state index contributed by atoms with van der Waals surface area (Å²) in [6, 6.07) is 7.11. The molecule has 1 aliphatic carbocycles. The van der Waals surface area contributed by atoms with E-state index in [0.29, 0.717) is 6.04 Å². The van der Waals surface area contributed by atoms with Crippen LogP contribution in [0.5, 0.6) is 5.75 Å². The molecule has 3 rings (SSSR count). The zero-order valence-corrected chi connectivity index (χ0v) is 13.7. The highest BCUT2D eigenvalue weighted by Gasteiger charge is 2.25. The van der Waals surface area contributed by atoms with Crippen LogP contribution in [-0.2, 0) is 12.8 Å². The molecule has 0 amide bonds. The van der Waals surface area contributed by atoms with Crippen LogP contribution in [-0.4, -0.2) is 12.1 Å². The molecule has 0 aliphatic heterocycles. The second-order valence-electron chi connectivity index (χ2n) is 5.56. The van der Waals surface area contributed by atoms with Crippen molar-refractivity contribution in [1.29, 1.82) is 0 Å². The number of methoxy groups -OCH3 is 1. The third-order valence-corrected chi connectivity index (χ3v) is 5.50. The van der Waals surface area contributed by atoms with Gasteiger partial charge in [0.1, 0.15) is 10.8 Å². The van der Waals surface area contributed by atoms with Crippen LogP contribution in [0.25, 0.3) is 0 Å². The summed E-state index contributed by atoms with van der Waals surface area (Å²) in [5, 5.41) is 4.92. The van der Waals surface area contributed by atoms with Crippen molar-refractivity contribution in [3.8, 4) is 5.75 Å². The second-order valence-corrected chi connectivity index (χ2v) is 6.71. The van der Waals surface area contributed by atoms with Crippen LogP contribution in [0, 0.1) is 0 Å². The summed E-state index contributed by atoms with van der Waals surface area (Å²) in [6.07, 6.45) is 5.36. The summed E-state index contributed by atoms with van der Waals surface area (Å²) >= 11 is 1.82. The van der Waals surface area contributed by atoms with Gasteiger partial charge in [0.2, 0.25) is 0 Å². The van der Waals surface area contributed by atoms with E-state index in [-0.39, 0.29) is 6.04 Å². The van der Waals surface area contributed by atoms with Gasteiger partial charge in [0.15, 0.2) is 0 Å². The summed E-state index contributed by atoms with van der Waals surface area (Å²) in [4.78, 5) is 5.90. The first-order chi connectivity index (χ1) is 10.2. The van der Waals surface area contributed by atoms with Gasteiger partial charge in [0.25, 0.3) is 0 Å². The second kappa shape index (κ2) is 6.16. The number of aryl methyl sites for hydroxylation is 2. The predicted octanol–water partition coefficient (Wildman–Crippen LogP) is 4.05. The maximum Gasteiger partial charge on any atom is 0.119 e. The van der Waals surface area contributed by atoms with Gasteiger partial charge in [-0.3, -0.25) is 0 Å². The fraction of sp³-hybridized carbons (Fsp3) is 0.471. The Bertz CT molecular complexity index is 623. The number of ether oxygens (including phenoxy) is 1. The van der Waals surface area contributed by atoms with Crippen molar-refractivity contribution in [2.45, 2.75) is 45.2 Å². The average Bonchev–Trinajstić information content (AvgIpc) is 3.14. The fourth-order valence-corrected chi connectivity index (χ4v) is 3.81. The number of benzene rings is 1. The summed E-state index contributed by atoms with van der Waals surface area (Å²) in [5.41, 5.74) is 2.82. The number of thiazole rings is 1. The summed E-state index contributed by atoms with van der Waals surface area (Å²) in [7, 11) is 1.73. The maximum atomic E-state index is 5.36. The van der Waals surface area contributed by atoms with Gasteiger partial charge in [-0.05, 0) is 49.4 Å². The van der Waals surface area contributed by atoms with Crippen molar-refractivity contribution < 1.29 is 4.74 Å². The quantitative estimate of drug-likeness (QED) is 0.904. The standard InChI is InChI=1S/C17H22N2OS/c1-4-14-10-18-17(21-14)11(2)19-16-8-6-12-5-7-13(20-3)9-15(12)16/h5,7,9-11,16,19H,4,6,8H2,1-3H3. The minimum Gasteiger partial charge on any atom is -0.497 e. The SMILES string of the molecule is CCc1cnc(C(C)NC2CCc3ccc(OC)cc32)s1. The van der Waals surface area contributed by atoms with E-state index in [4.69, 9.17) is 4.74 Å². The molecule has 1 N–H and O–H groups in total. The lowest BCUT2D eigenvalue weighted by molar-refractivity contribution is 0.412. The Labute approximate surface area is 130 Å². The van der Waals surface area contributed by atoms with E-state index in [1.807, 2.05) is 17.5 Å². The van der Waals surface area contributed by atoms with Gasteiger partial charge in [-0.2, -0.15) is 0 Å². The lowest BCUT2D eigenvalue weighted by Crippen LogP contribution is -2.22. The number of nitrogens with one attached hydrogen (secondary N) is 1. The van der Waals surface area contributed by atoms with Crippen LogP contribution in [0.1, 0.15) is 53.4 Å². The molecule has 112 valence electrons. The molecule has 0 saturated heterocycles. The van der Waals surface area contributed by atoms with Crippen LogP contribution in [0.15, 0.2) is 24.4 Å². The van der Waals surface area contributed by atoms with Gasteiger partial charge in [0, 0.05) is 17.1 Å². The maximum absolute atomic E-state index is 5.36. The lowest BCUT2D eigenvalue weighted by Gasteiger charge is -2.19. The smallest absolute Gasteiger partial charge is 0.119 e. The first-order valence-corrected chi connectivity index (χ1v) is 8.40. The molecule has 1 aliphatic rings. The van der Waals surface area contributed by atoms with Gasteiger partial charge in [-0.15, -0.1) is 11.3 Å². The molecule has 2 unspecified atom stereocenters. The van der Waals surface area contributed by atoms with Gasteiger partial charge < -0.3 is 10.1 Å². The van der Waals surface area contributed by atoms with Gasteiger partial charge in [-0.25, -0.2) is 4.98 Å². The topological polar surface area (TPSA) is 34.2 Å². The van der Waals surface area contributed by atoms with Crippen LogP contribution >= 0.6 is 11.3 Å². The number of aromatic nitrogens is 1. The van der Waals surface area contributed by atoms with Crippen LogP contribution in [0.2, 0.25) is 0 Å². The molecule has 1 heterocycles. The highest BCUT2D eigenvalue weighted by Crippen LogP contribution is 2.35. The normalized spacial score (nSPS) is 18.5. The van der Waals surface area contributed by atoms with Crippen molar-refractivity contribution in [3.05, 3.63) is 45.4 Å². The van der Waals surface area contributed by atoms with Crippen LogP contribution < -0.4 is 10.1 Å². The van der Waals surface area contributed by atoms with E-state index in [9.17, 15) is 0 Å². The first-order valence-electron chi connectivity index (χ1n) is 7.58. The molecule has 2 atom stereocenters. The molecule has 1 aromatic carbocycles. The Kier molecular flexibility index (Phi) is 4.27. The Hall–Kier alpha value is -1.39. The molecule has 21 heavy (non-hydrogen) atoms. The van der Waals surface area contributed by atoms with Crippen LogP contribution in [0.3, 0.4) is 0 Å². The Balaban J connectivity index is 1.75. The van der Waals surface area contributed by atoms with Crippen molar-refractivity contribution in [3.63, 3.8) is 0 Å². The number of rotatable bonds is 5. The third kappa shape index (κ3) is 2.97. The van der Waals surface area contributed by atoms with Crippen LogP contribution in [0.4, 0.5) is 0 Å². The zero-order chi connectivity index (χ0) is 14.8. The summed E-state index contributed by atoms with van der Waals surface area (Å²) in [6.45, 7) is 4.38. The minimum absolute atomic E-state index is 0.289. The van der Waals surface area contributed by atoms with Gasteiger partial charge in [0.05, 0.1) is 13.2 Å². The van der Waals surface area contributed by atoms with E-state index in [1.54, 1.807) is 7.11 Å². The van der Waals surface area contributed by atoms with E-state index in [1.165, 1.54) is 21.0 Å². The minimum atomic E-state index is 0.289. The Morgan fingerprint density at radius 1 is 1.48 bits per heavy atom. The monoisotopic (exact) mass is 302 g/mol. The highest BCUT2D eigenvalue weighted by molar-refractivity contribution is 7.11. The van der Waals surface area contributed by atoms with Crippen molar-refractivity contribution in [2.75, 3.05) is 7.11 Å². The van der Waals surface area contributed by atoms with Gasteiger partial charge in [-0.1, -0.05) is 13.0 Å². The average molecular weight is 302 g/mol. The molecule has 0 spiro atoms. The Morgan fingerprint density at radius 2 is 2.33 bits per heavy atom. The van der Waals surface area contributed by atoms with Crippen molar-refractivity contribution in [1.82, 2.24) is 10.3 Å². The molecule has 3 nitrogen and oxygen atoms in total. The fourth-order valence-electron chi connectivity index (χ4n) is 2.94. The van der Waals surface area contributed by atoms with Gasteiger partial charge >= 0.3 is 0 Å². The van der Waals surface area contributed by atoms with E-state index in [0.717, 1.165) is 25.0 Å². The van der Waals surface area contributed by atoms with Crippen molar-refractivity contribution >= 4 is 11.3 Å². The molecule has 2 aromatic rings. The lowest BCUT2D eigenvalue weighted by atomic mass is 10.1.